The molecule has 1 N–H and O–H groups in total. The molecule has 196 valence electrons. The Balaban J connectivity index is 1.30. The number of aryl methyl sites for hydroxylation is 2. The third-order valence-electron chi connectivity index (χ3n) is 7.28. The molecule has 8 nitrogen and oxygen atoms in total. The van der Waals surface area contributed by atoms with Crippen LogP contribution < -0.4 is 5.32 Å². The van der Waals surface area contributed by atoms with Crippen molar-refractivity contribution in [3.8, 4) is 17.1 Å². The Morgan fingerprint density at radius 3 is 2.42 bits per heavy atom. The third-order valence-corrected chi connectivity index (χ3v) is 7.28. The van der Waals surface area contributed by atoms with Gasteiger partial charge < -0.3 is 10.2 Å². The minimum absolute atomic E-state index is 0.0604. The van der Waals surface area contributed by atoms with Crippen molar-refractivity contribution in [3.63, 3.8) is 0 Å². The SMILES string of the molecule is FC(F)(F)c1nc(Nc2ccc3c(c2)CCC(N2CCCC2)CC3)n(-c2cccc(-c3cncnc3)n2)n1. The summed E-state index contributed by atoms with van der Waals surface area (Å²) in [4.78, 5) is 18.9. The van der Waals surface area contributed by atoms with E-state index in [2.05, 4.69) is 41.3 Å². The van der Waals surface area contributed by atoms with Crippen LogP contribution in [0.3, 0.4) is 0 Å². The average molecular weight is 521 g/mol. The fourth-order valence-corrected chi connectivity index (χ4v) is 5.38. The second kappa shape index (κ2) is 10.1. The zero-order chi connectivity index (χ0) is 26.1. The van der Waals surface area contributed by atoms with Crippen LogP contribution in [0, 0.1) is 0 Å². The molecular formula is C27H27F3N8. The Morgan fingerprint density at radius 2 is 1.66 bits per heavy atom. The van der Waals surface area contributed by atoms with Crippen LogP contribution in [0.4, 0.5) is 24.8 Å². The van der Waals surface area contributed by atoms with Crippen molar-refractivity contribution >= 4 is 11.6 Å². The maximum Gasteiger partial charge on any atom is 0.453 e. The van der Waals surface area contributed by atoms with Crippen LogP contribution in [-0.2, 0) is 19.0 Å². The summed E-state index contributed by atoms with van der Waals surface area (Å²) in [5.74, 6) is -1.10. The van der Waals surface area contributed by atoms with E-state index in [0.29, 0.717) is 23.0 Å². The first-order valence-corrected chi connectivity index (χ1v) is 12.8. The molecule has 3 aromatic heterocycles. The van der Waals surface area contributed by atoms with Crippen molar-refractivity contribution in [2.45, 2.75) is 50.7 Å². The summed E-state index contributed by atoms with van der Waals surface area (Å²) < 4.78 is 41.9. The van der Waals surface area contributed by atoms with Crippen LogP contribution in [0.25, 0.3) is 17.1 Å². The highest BCUT2D eigenvalue weighted by atomic mass is 19.4. The molecule has 2 aliphatic rings. The summed E-state index contributed by atoms with van der Waals surface area (Å²) >= 11 is 0. The molecule has 1 aliphatic carbocycles. The van der Waals surface area contributed by atoms with Gasteiger partial charge in [-0.15, -0.1) is 5.10 Å². The highest BCUT2D eigenvalue weighted by molar-refractivity contribution is 5.60. The van der Waals surface area contributed by atoms with E-state index in [1.54, 1.807) is 30.6 Å². The molecule has 0 radical (unpaired) electrons. The van der Waals surface area contributed by atoms with E-state index in [4.69, 9.17) is 0 Å². The highest BCUT2D eigenvalue weighted by Crippen LogP contribution is 2.32. The van der Waals surface area contributed by atoms with E-state index < -0.39 is 12.0 Å². The summed E-state index contributed by atoms with van der Waals surface area (Å²) in [6.45, 7) is 2.36. The van der Waals surface area contributed by atoms with Crippen LogP contribution in [0.5, 0.6) is 0 Å². The number of anilines is 2. The number of hydrogen-bond donors (Lipinski definition) is 1. The number of benzene rings is 1. The van der Waals surface area contributed by atoms with Crippen LogP contribution in [-0.4, -0.2) is 53.7 Å². The Bertz CT molecular complexity index is 1410. The number of likely N-dealkylation sites (tertiary alicyclic amines) is 1. The van der Waals surface area contributed by atoms with Gasteiger partial charge in [-0.3, -0.25) is 0 Å². The van der Waals surface area contributed by atoms with Crippen molar-refractivity contribution in [2.75, 3.05) is 18.4 Å². The van der Waals surface area contributed by atoms with Crippen LogP contribution in [0.1, 0.15) is 42.6 Å². The Hall–Kier alpha value is -3.86. The maximum absolute atomic E-state index is 13.6. The molecule has 38 heavy (non-hydrogen) atoms. The molecule has 1 aromatic carbocycles. The lowest BCUT2D eigenvalue weighted by Gasteiger charge is -2.25. The summed E-state index contributed by atoms with van der Waals surface area (Å²) in [5, 5.41) is 6.83. The lowest BCUT2D eigenvalue weighted by Crippen LogP contribution is -2.32. The molecule has 0 saturated carbocycles. The molecule has 1 saturated heterocycles. The van der Waals surface area contributed by atoms with Gasteiger partial charge >= 0.3 is 6.18 Å². The summed E-state index contributed by atoms with van der Waals surface area (Å²) in [6, 6.07) is 11.6. The number of rotatable bonds is 5. The highest BCUT2D eigenvalue weighted by Gasteiger charge is 2.37. The maximum atomic E-state index is 13.6. The number of nitrogens with zero attached hydrogens (tertiary/aromatic N) is 7. The van der Waals surface area contributed by atoms with Crippen LogP contribution in [0.2, 0.25) is 0 Å². The molecule has 6 rings (SSSR count). The summed E-state index contributed by atoms with van der Waals surface area (Å²) in [7, 11) is 0. The van der Waals surface area contributed by atoms with Gasteiger partial charge in [0.15, 0.2) is 5.82 Å². The zero-order valence-electron chi connectivity index (χ0n) is 20.7. The van der Waals surface area contributed by atoms with Gasteiger partial charge in [-0.2, -0.15) is 22.8 Å². The first-order valence-electron chi connectivity index (χ1n) is 12.8. The van der Waals surface area contributed by atoms with Gasteiger partial charge in [-0.05, 0) is 87.0 Å². The largest absolute Gasteiger partial charge is 0.453 e. The first-order chi connectivity index (χ1) is 18.4. The number of pyridine rings is 1. The fourth-order valence-electron chi connectivity index (χ4n) is 5.38. The van der Waals surface area contributed by atoms with Gasteiger partial charge in [0.25, 0.3) is 5.82 Å². The number of aromatic nitrogens is 6. The van der Waals surface area contributed by atoms with Crippen molar-refractivity contribution in [3.05, 3.63) is 72.1 Å². The Labute approximate surface area is 218 Å². The van der Waals surface area contributed by atoms with Crippen molar-refractivity contribution in [1.82, 2.24) is 34.6 Å². The van der Waals surface area contributed by atoms with Gasteiger partial charge in [0, 0.05) is 29.7 Å². The predicted molar refractivity (Wildman–Crippen MR) is 136 cm³/mol. The monoisotopic (exact) mass is 520 g/mol. The normalized spacial score (nSPS) is 18.2. The van der Waals surface area contributed by atoms with Crippen molar-refractivity contribution < 1.29 is 13.2 Å². The molecule has 1 unspecified atom stereocenters. The summed E-state index contributed by atoms with van der Waals surface area (Å²) in [5.41, 5.74) is 4.34. The van der Waals surface area contributed by atoms with Crippen molar-refractivity contribution in [2.24, 2.45) is 0 Å². The molecule has 0 spiro atoms. The number of alkyl halides is 3. The Kier molecular flexibility index (Phi) is 6.52. The smallest absolute Gasteiger partial charge is 0.324 e. The molecule has 1 atom stereocenters. The molecule has 11 heteroatoms. The summed E-state index contributed by atoms with van der Waals surface area (Å²) in [6.07, 6.45) is 6.59. The predicted octanol–water partition coefficient (Wildman–Crippen LogP) is 5.22. The Morgan fingerprint density at radius 1 is 0.895 bits per heavy atom. The zero-order valence-corrected chi connectivity index (χ0v) is 20.7. The fraction of sp³-hybridized carbons (Fsp3) is 0.370. The van der Waals surface area contributed by atoms with E-state index >= 15 is 0 Å². The molecular weight excluding hydrogens is 493 g/mol. The van der Waals surface area contributed by atoms with Gasteiger partial charge in [-0.25, -0.2) is 15.0 Å². The lowest BCUT2D eigenvalue weighted by atomic mass is 10.0. The van der Waals surface area contributed by atoms with Crippen molar-refractivity contribution in [1.29, 1.82) is 0 Å². The van der Waals surface area contributed by atoms with Gasteiger partial charge in [0.2, 0.25) is 5.95 Å². The van der Waals surface area contributed by atoms with E-state index in [1.807, 2.05) is 12.1 Å². The minimum atomic E-state index is -4.70. The van der Waals surface area contributed by atoms with Crippen LogP contribution in [0.15, 0.2) is 55.1 Å². The molecule has 4 heterocycles. The number of hydrogen-bond acceptors (Lipinski definition) is 7. The van der Waals surface area contributed by atoms with E-state index in [-0.39, 0.29) is 11.8 Å². The number of fused-ring (bicyclic) bond motifs is 1. The number of halogens is 3. The molecule has 1 aliphatic heterocycles. The number of nitrogens with one attached hydrogen (secondary N) is 1. The average Bonchev–Trinajstić information content (AvgIpc) is 3.56. The molecule has 1 fully saturated rings. The van der Waals surface area contributed by atoms with E-state index in [9.17, 15) is 13.2 Å². The lowest BCUT2D eigenvalue weighted by molar-refractivity contribution is -0.144. The molecule has 0 amide bonds. The standard InChI is InChI=1S/C27H27F3N8/c28-27(29,30)25-35-26(38(36-25)24-5-3-4-23(34-24)20-15-31-17-32-16-20)33-21-9-6-18-7-10-22(11-8-19(18)14-21)37-12-1-2-13-37/h3-6,9,14-17,22H,1-2,7-8,10-13H2,(H,33,35,36). The quantitative estimate of drug-likeness (QED) is 0.361. The third kappa shape index (κ3) is 5.10. The first kappa shape index (κ1) is 24.5. The van der Waals surface area contributed by atoms with E-state index in [1.165, 1.54) is 43.4 Å². The van der Waals surface area contributed by atoms with Gasteiger partial charge in [0.05, 0.1) is 5.69 Å². The van der Waals surface area contributed by atoms with Gasteiger partial charge in [-0.1, -0.05) is 12.1 Å². The van der Waals surface area contributed by atoms with Crippen LogP contribution >= 0.6 is 0 Å². The van der Waals surface area contributed by atoms with E-state index in [0.717, 1.165) is 30.4 Å². The topological polar surface area (TPSA) is 84.7 Å². The van der Waals surface area contributed by atoms with Gasteiger partial charge in [0.1, 0.15) is 6.33 Å². The second-order valence-electron chi connectivity index (χ2n) is 9.76. The molecule has 0 bridgehead atoms. The second-order valence-corrected chi connectivity index (χ2v) is 9.76. The minimum Gasteiger partial charge on any atom is -0.324 e. The molecule has 4 aromatic rings.